The molecule has 15 heavy (non-hydrogen) atoms. The Bertz CT molecular complexity index is 465. The molecule has 2 rings (SSSR count). The standard InChI is InChI=1S/C13H13BrO/c1-2-9-15-12-8-7-10-5-3-4-6-11(10)13(12)14/h3-8H,2,9H2,1H3. The van der Waals surface area contributed by atoms with Crippen LogP contribution in [0.1, 0.15) is 13.3 Å². The van der Waals surface area contributed by atoms with E-state index in [0.29, 0.717) is 0 Å². The number of ether oxygens (including phenoxy) is 1. The molecule has 0 aromatic heterocycles. The summed E-state index contributed by atoms with van der Waals surface area (Å²) in [6.45, 7) is 2.87. The van der Waals surface area contributed by atoms with E-state index < -0.39 is 0 Å². The van der Waals surface area contributed by atoms with Gasteiger partial charge in [0.1, 0.15) is 5.75 Å². The maximum absolute atomic E-state index is 5.65. The van der Waals surface area contributed by atoms with Crippen LogP contribution in [0.5, 0.6) is 5.75 Å². The molecule has 2 aromatic rings. The highest BCUT2D eigenvalue weighted by atomic mass is 79.9. The van der Waals surface area contributed by atoms with Crippen LogP contribution < -0.4 is 4.74 Å². The molecular weight excluding hydrogens is 252 g/mol. The second-order valence-corrected chi connectivity index (χ2v) is 4.24. The van der Waals surface area contributed by atoms with Crippen LogP contribution in [-0.4, -0.2) is 6.61 Å². The molecule has 2 heteroatoms. The van der Waals surface area contributed by atoms with Gasteiger partial charge in [0.2, 0.25) is 0 Å². The van der Waals surface area contributed by atoms with Gasteiger partial charge in [0.05, 0.1) is 11.1 Å². The summed E-state index contributed by atoms with van der Waals surface area (Å²) in [5.74, 6) is 0.926. The van der Waals surface area contributed by atoms with Crippen molar-refractivity contribution in [3.63, 3.8) is 0 Å². The molecule has 0 N–H and O–H groups in total. The lowest BCUT2D eigenvalue weighted by Crippen LogP contribution is -1.95. The first-order valence-electron chi connectivity index (χ1n) is 5.13. The summed E-state index contributed by atoms with van der Waals surface area (Å²) in [6, 6.07) is 12.4. The van der Waals surface area contributed by atoms with E-state index in [2.05, 4.69) is 41.1 Å². The normalized spacial score (nSPS) is 10.5. The Morgan fingerprint density at radius 1 is 1.13 bits per heavy atom. The Balaban J connectivity index is 2.45. The van der Waals surface area contributed by atoms with Gasteiger partial charge in [-0.1, -0.05) is 37.3 Å². The van der Waals surface area contributed by atoms with Gasteiger partial charge in [-0.15, -0.1) is 0 Å². The Morgan fingerprint density at radius 3 is 2.73 bits per heavy atom. The second kappa shape index (κ2) is 4.67. The van der Waals surface area contributed by atoms with Crippen LogP contribution in [0.25, 0.3) is 10.8 Å². The summed E-state index contributed by atoms with van der Waals surface area (Å²) in [7, 11) is 0. The van der Waals surface area contributed by atoms with Gasteiger partial charge in [0.25, 0.3) is 0 Å². The smallest absolute Gasteiger partial charge is 0.134 e. The fourth-order valence-electron chi connectivity index (χ4n) is 1.54. The fourth-order valence-corrected chi connectivity index (χ4v) is 2.14. The van der Waals surface area contributed by atoms with Crippen molar-refractivity contribution in [3.05, 3.63) is 40.9 Å². The SMILES string of the molecule is CCCOc1ccc2ccccc2c1Br. The molecule has 78 valence electrons. The van der Waals surface area contributed by atoms with Crippen LogP contribution >= 0.6 is 15.9 Å². The molecule has 0 aliphatic rings. The third-order valence-electron chi connectivity index (χ3n) is 2.29. The monoisotopic (exact) mass is 264 g/mol. The van der Waals surface area contributed by atoms with Crippen molar-refractivity contribution in [2.24, 2.45) is 0 Å². The zero-order chi connectivity index (χ0) is 10.7. The zero-order valence-corrected chi connectivity index (χ0v) is 10.3. The first-order valence-corrected chi connectivity index (χ1v) is 5.92. The van der Waals surface area contributed by atoms with E-state index in [0.717, 1.165) is 23.2 Å². The first-order chi connectivity index (χ1) is 7.33. The van der Waals surface area contributed by atoms with Gasteiger partial charge in [-0.05, 0) is 39.2 Å². The van der Waals surface area contributed by atoms with Gasteiger partial charge in [-0.2, -0.15) is 0 Å². The van der Waals surface area contributed by atoms with Crippen LogP contribution in [0, 0.1) is 0 Å². The van der Waals surface area contributed by atoms with Crippen molar-refractivity contribution in [1.29, 1.82) is 0 Å². The molecule has 0 saturated heterocycles. The molecule has 0 atom stereocenters. The molecule has 0 amide bonds. The van der Waals surface area contributed by atoms with Gasteiger partial charge in [0, 0.05) is 0 Å². The predicted molar refractivity (Wildman–Crippen MR) is 67.4 cm³/mol. The van der Waals surface area contributed by atoms with Crippen molar-refractivity contribution < 1.29 is 4.74 Å². The van der Waals surface area contributed by atoms with Gasteiger partial charge < -0.3 is 4.74 Å². The predicted octanol–water partition coefficient (Wildman–Crippen LogP) is 4.39. The number of benzene rings is 2. The molecule has 0 saturated carbocycles. The lowest BCUT2D eigenvalue weighted by Gasteiger charge is -2.09. The molecule has 0 fully saturated rings. The molecule has 2 aromatic carbocycles. The van der Waals surface area contributed by atoms with E-state index >= 15 is 0 Å². The summed E-state index contributed by atoms with van der Waals surface area (Å²) < 4.78 is 6.70. The van der Waals surface area contributed by atoms with Gasteiger partial charge in [-0.3, -0.25) is 0 Å². The minimum Gasteiger partial charge on any atom is -0.492 e. The van der Waals surface area contributed by atoms with Crippen molar-refractivity contribution in [2.75, 3.05) is 6.61 Å². The summed E-state index contributed by atoms with van der Waals surface area (Å²) in [5, 5.41) is 2.43. The number of fused-ring (bicyclic) bond motifs is 1. The highest BCUT2D eigenvalue weighted by Crippen LogP contribution is 2.32. The van der Waals surface area contributed by atoms with Crippen molar-refractivity contribution in [1.82, 2.24) is 0 Å². The third kappa shape index (κ3) is 2.15. The van der Waals surface area contributed by atoms with E-state index in [4.69, 9.17) is 4.74 Å². The summed E-state index contributed by atoms with van der Waals surface area (Å²) in [4.78, 5) is 0. The number of halogens is 1. The first kappa shape index (κ1) is 10.5. The third-order valence-corrected chi connectivity index (χ3v) is 3.11. The van der Waals surface area contributed by atoms with Crippen LogP contribution in [0.15, 0.2) is 40.9 Å². The topological polar surface area (TPSA) is 9.23 Å². The Kier molecular flexibility index (Phi) is 3.27. The molecule has 0 heterocycles. The maximum Gasteiger partial charge on any atom is 0.134 e. The highest BCUT2D eigenvalue weighted by Gasteiger charge is 2.04. The van der Waals surface area contributed by atoms with Gasteiger partial charge >= 0.3 is 0 Å². The van der Waals surface area contributed by atoms with E-state index in [-0.39, 0.29) is 0 Å². The van der Waals surface area contributed by atoms with E-state index in [9.17, 15) is 0 Å². The van der Waals surface area contributed by atoms with E-state index in [1.165, 1.54) is 10.8 Å². The summed E-state index contributed by atoms with van der Waals surface area (Å²) >= 11 is 3.59. The number of rotatable bonds is 3. The van der Waals surface area contributed by atoms with Crippen molar-refractivity contribution >= 4 is 26.7 Å². The van der Waals surface area contributed by atoms with Gasteiger partial charge in [0.15, 0.2) is 0 Å². The Morgan fingerprint density at radius 2 is 1.93 bits per heavy atom. The molecule has 1 nitrogen and oxygen atoms in total. The number of hydrogen-bond donors (Lipinski definition) is 0. The van der Waals surface area contributed by atoms with Crippen molar-refractivity contribution in [2.45, 2.75) is 13.3 Å². The molecule has 0 unspecified atom stereocenters. The molecule has 0 radical (unpaired) electrons. The Labute approximate surface area is 98.2 Å². The molecular formula is C13H13BrO. The zero-order valence-electron chi connectivity index (χ0n) is 8.66. The molecule has 0 aliphatic carbocycles. The van der Waals surface area contributed by atoms with Gasteiger partial charge in [-0.25, -0.2) is 0 Å². The number of hydrogen-bond acceptors (Lipinski definition) is 1. The second-order valence-electron chi connectivity index (χ2n) is 3.45. The van der Waals surface area contributed by atoms with Crippen LogP contribution in [0.4, 0.5) is 0 Å². The fraction of sp³-hybridized carbons (Fsp3) is 0.231. The lowest BCUT2D eigenvalue weighted by molar-refractivity contribution is 0.316. The highest BCUT2D eigenvalue weighted by molar-refractivity contribution is 9.10. The van der Waals surface area contributed by atoms with Crippen LogP contribution in [0.2, 0.25) is 0 Å². The summed E-state index contributed by atoms with van der Waals surface area (Å²) in [5.41, 5.74) is 0. The molecule has 0 aliphatic heterocycles. The summed E-state index contributed by atoms with van der Waals surface area (Å²) in [6.07, 6.45) is 1.03. The molecule has 0 bridgehead atoms. The minimum absolute atomic E-state index is 0.761. The maximum atomic E-state index is 5.65. The molecule has 0 spiro atoms. The average molecular weight is 265 g/mol. The van der Waals surface area contributed by atoms with E-state index in [1.807, 2.05) is 18.2 Å². The minimum atomic E-state index is 0.761. The largest absolute Gasteiger partial charge is 0.492 e. The van der Waals surface area contributed by atoms with Crippen LogP contribution in [-0.2, 0) is 0 Å². The quantitative estimate of drug-likeness (QED) is 0.799. The van der Waals surface area contributed by atoms with E-state index in [1.54, 1.807) is 0 Å². The average Bonchev–Trinajstić information content (AvgIpc) is 2.29. The van der Waals surface area contributed by atoms with Crippen molar-refractivity contribution in [3.8, 4) is 5.75 Å². The Hall–Kier alpha value is -1.02. The van der Waals surface area contributed by atoms with Crippen LogP contribution in [0.3, 0.4) is 0 Å². The lowest BCUT2D eigenvalue weighted by atomic mass is 10.1.